The molecule has 140 valence electrons. The number of likely N-dealkylation sites (tertiary alicyclic amines) is 1. The second-order valence-corrected chi connectivity index (χ2v) is 7.31. The number of amides is 1. The Morgan fingerprint density at radius 3 is 2.73 bits per heavy atom. The smallest absolute Gasteiger partial charge is 0.224 e. The van der Waals surface area contributed by atoms with Gasteiger partial charge in [0, 0.05) is 30.2 Å². The molecule has 1 aromatic carbocycles. The summed E-state index contributed by atoms with van der Waals surface area (Å²) >= 11 is 5.86. The molecule has 2 N–H and O–H groups in total. The largest absolute Gasteiger partial charge is 0.390 e. The molecule has 3 rings (SSSR count). The van der Waals surface area contributed by atoms with Gasteiger partial charge in [-0.2, -0.15) is 0 Å². The molecule has 0 bridgehead atoms. The van der Waals surface area contributed by atoms with E-state index >= 15 is 0 Å². The lowest BCUT2D eigenvalue weighted by Gasteiger charge is -2.36. The number of carbonyl (C=O) groups is 1. The van der Waals surface area contributed by atoms with Gasteiger partial charge in [-0.3, -0.25) is 9.69 Å². The molecule has 1 aliphatic rings. The Morgan fingerprint density at radius 2 is 2.12 bits per heavy atom. The molecule has 1 aliphatic heterocycles. The van der Waals surface area contributed by atoms with Crippen LogP contribution in [0.4, 0.5) is 0 Å². The number of aliphatic hydroxyl groups excluding tert-OH is 1. The van der Waals surface area contributed by atoms with Crippen LogP contribution < -0.4 is 5.32 Å². The van der Waals surface area contributed by atoms with Crippen LogP contribution in [0, 0.1) is 13.8 Å². The predicted octanol–water partition coefficient (Wildman–Crippen LogP) is 2.24. The molecule has 0 spiro atoms. The summed E-state index contributed by atoms with van der Waals surface area (Å²) < 4.78 is 5.20. The van der Waals surface area contributed by atoms with Gasteiger partial charge in [0.2, 0.25) is 5.91 Å². The first-order valence-corrected chi connectivity index (χ1v) is 9.16. The number of benzene rings is 1. The number of aryl methyl sites for hydroxylation is 2. The van der Waals surface area contributed by atoms with Crippen LogP contribution in [0.15, 0.2) is 28.8 Å². The van der Waals surface area contributed by atoms with Crippen molar-refractivity contribution in [1.82, 2.24) is 15.4 Å². The number of hydrogen-bond acceptors (Lipinski definition) is 5. The van der Waals surface area contributed by atoms with Gasteiger partial charge in [0.05, 0.1) is 24.3 Å². The number of halogens is 1. The highest BCUT2D eigenvalue weighted by molar-refractivity contribution is 6.30. The van der Waals surface area contributed by atoms with E-state index in [1.807, 2.05) is 26.0 Å². The van der Waals surface area contributed by atoms with Crippen LogP contribution in [-0.2, 0) is 17.8 Å². The van der Waals surface area contributed by atoms with Crippen molar-refractivity contribution in [2.45, 2.75) is 45.4 Å². The van der Waals surface area contributed by atoms with Crippen molar-refractivity contribution in [2.24, 2.45) is 0 Å². The average molecular weight is 378 g/mol. The molecule has 1 fully saturated rings. The van der Waals surface area contributed by atoms with Crippen molar-refractivity contribution >= 4 is 17.5 Å². The van der Waals surface area contributed by atoms with E-state index in [0.717, 1.165) is 29.1 Å². The van der Waals surface area contributed by atoms with Crippen molar-refractivity contribution in [2.75, 3.05) is 13.1 Å². The molecule has 6 nitrogen and oxygen atoms in total. The van der Waals surface area contributed by atoms with Gasteiger partial charge in [-0.25, -0.2) is 0 Å². The maximum atomic E-state index is 12.2. The molecule has 26 heavy (non-hydrogen) atoms. The van der Waals surface area contributed by atoms with Gasteiger partial charge >= 0.3 is 0 Å². The minimum Gasteiger partial charge on any atom is -0.390 e. The van der Waals surface area contributed by atoms with Crippen molar-refractivity contribution in [3.05, 3.63) is 51.9 Å². The lowest BCUT2D eigenvalue weighted by atomic mass is 10.0. The summed E-state index contributed by atoms with van der Waals surface area (Å²) in [5.41, 5.74) is 2.86. The summed E-state index contributed by atoms with van der Waals surface area (Å²) in [6.07, 6.45) is 0.387. The fourth-order valence-corrected chi connectivity index (χ4v) is 3.43. The third kappa shape index (κ3) is 4.63. The number of β-amino-alcohol motifs (C(OH)–C–C–N with tert-alkyl or cyclic N) is 1. The van der Waals surface area contributed by atoms with Crippen LogP contribution in [0.5, 0.6) is 0 Å². The third-order valence-corrected chi connectivity index (χ3v) is 5.11. The second kappa shape index (κ2) is 8.20. The zero-order chi connectivity index (χ0) is 18.7. The summed E-state index contributed by atoms with van der Waals surface area (Å²) in [6, 6.07) is 6.99. The van der Waals surface area contributed by atoms with Crippen molar-refractivity contribution < 1.29 is 14.4 Å². The first-order valence-electron chi connectivity index (χ1n) is 8.78. The molecule has 1 saturated heterocycles. The summed E-state index contributed by atoms with van der Waals surface area (Å²) in [5.74, 6) is 0.728. The molecule has 2 atom stereocenters. The lowest BCUT2D eigenvalue weighted by molar-refractivity contribution is -0.122. The van der Waals surface area contributed by atoms with Gasteiger partial charge in [0.1, 0.15) is 5.76 Å². The molecule has 1 amide bonds. The van der Waals surface area contributed by atoms with Gasteiger partial charge in [-0.1, -0.05) is 28.9 Å². The average Bonchev–Trinajstić information content (AvgIpc) is 2.91. The summed E-state index contributed by atoms with van der Waals surface area (Å²) in [7, 11) is 0. The summed E-state index contributed by atoms with van der Waals surface area (Å²) in [6.45, 7) is 5.83. The second-order valence-electron chi connectivity index (χ2n) is 6.87. The highest BCUT2D eigenvalue weighted by Gasteiger charge is 2.29. The van der Waals surface area contributed by atoms with Crippen molar-refractivity contribution in [3.63, 3.8) is 0 Å². The molecule has 0 aliphatic carbocycles. The van der Waals surface area contributed by atoms with E-state index in [1.165, 1.54) is 0 Å². The molecule has 1 aromatic heterocycles. The Balaban J connectivity index is 1.50. The first kappa shape index (κ1) is 18.9. The van der Waals surface area contributed by atoms with Gasteiger partial charge in [-0.05, 0) is 38.0 Å². The minimum absolute atomic E-state index is 0.0875. The topological polar surface area (TPSA) is 78.6 Å². The van der Waals surface area contributed by atoms with E-state index in [4.69, 9.17) is 16.1 Å². The van der Waals surface area contributed by atoms with Gasteiger partial charge in [-0.15, -0.1) is 0 Å². The number of carbonyl (C=O) groups excluding carboxylic acids is 1. The van der Waals surface area contributed by atoms with Crippen LogP contribution >= 0.6 is 11.6 Å². The Morgan fingerprint density at radius 1 is 1.38 bits per heavy atom. The maximum absolute atomic E-state index is 12.2. The Hall–Kier alpha value is -1.89. The van der Waals surface area contributed by atoms with Crippen LogP contribution in [0.1, 0.15) is 29.0 Å². The molecule has 2 heterocycles. The van der Waals surface area contributed by atoms with Crippen LogP contribution in [0.3, 0.4) is 0 Å². The van der Waals surface area contributed by atoms with Crippen LogP contribution in [0.2, 0.25) is 5.02 Å². The van der Waals surface area contributed by atoms with E-state index in [-0.39, 0.29) is 18.4 Å². The van der Waals surface area contributed by atoms with E-state index in [9.17, 15) is 9.90 Å². The van der Waals surface area contributed by atoms with Gasteiger partial charge < -0.3 is 14.9 Å². The van der Waals surface area contributed by atoms with Gasteiger partial charge in [0.15, 0.2) is 0 Å². The maximum Gasteiger partial charge on any atom is 0.224 e. The fourth-order valence-electron chi connectivity index (χ4n) is 3.31. The summed E-state index contributed by atoms with van der Waals surface area (Å²) in [5, 5.41) is 18.0. The minimum atomic E-state index is -0.599. The van der Waals surface area contributed by atoms with Crippen molar-refractivity contribution in [3.8, 4) is 0 Å². The number of nitrogens with one attached hydrogen (secondary N) is 1. The lowest BCUT2D eigenvalue weighted by Crippen LogP contribution is -2.54. The molecule has 2 aromatic rings. The quantitative estimate of drug-likeness (QED) is 0.835. The highest BCUT2D eigenvalue weighted by atomic mass is 35.5. The zero-order valence-electron chi connectivity index (χ0n) is 15.0. The normalized spacial score (nSPS) is 20.9. The molecule has 0 radical (unpaired) electrons. The number of aliphatic hydroxyl groups is 1. The zero-order valence-corrected chi connectivity index (χ0v) is 15.8. The van der Waals surface area contributed by atoms with E-state index < -0.39 is 6.10 Å². The fraction of sp³-hybridized carbons (Fsp3) is 0.474. The first-order chi connectivity index (χ1) is 12.4. The molecule has 0 saturated carbocycles. The third-order valence-electron chi connectivity index (χ3n) is 4.85. The number of aromatic nitrogens is 1. The molecular formula is C19H24ClN3O3. The van der Waals surface area contributed by atoms with Crippen LogP contribution in [0.25, 0.3) is 0 Å². The standard InChI is InChI=1S/C19H24ClN3O3/c1-12-16(13(2)26-22-12)10-23-8-7-17(18(24)11-23)21-19(25)9-14-3-5-15(20)6-4-14/h3-6,17-18,24H,7-11H2,1-2H3,(H,21,25)/t17-,18-/m1/s1. The molecular weight excluding hydrogens is 354 g/mol. The monoisotopic (exact) mass is 377 g/mol. The number of piperidine rings is 1. The van der Waals surface area contributed by atoms with Crippen molar-refractivity contribution in [1.29, 1.82) is 0 Å². The Bertz CT molecular complexity index is 740. The SMILES string of the molecule is Cc1noc(C)c1CN1CC[C@@H](NC(=O)Cc2ccc(Cl)cc2)[C@H](O)C1. The predicted molar refractivity (Wildman–Crippen MR) is 99.0 cm³/mol. The van der Waals surface area contributed by atoms with E-state index in [0.29, 0.717) is 24.5 Å². The summed E-state index contributed by atoms with van der Waals surface area (Å²) in [4.78, 5) is 14.4. The van der Waals surface area contributed by atoms with Crippen LogP contribution in [-0.4, -0.2) is 46.3 Å². The Kier molecular flexibility index (Phi) is 5.96. The molecule has 7 heteroatoms. The van der Waals surface area contributed by atoms with Gasteiger partial charge in [0.25, 0.3) is 0 Å². The van der Waals surface area contributed by atoms with E-state index in [2.05, 4.69) is 15.4 Å². The number of nitrogens with zero attached hydrogens (tertiary/aromatic N) is 2. The Labute approximate surface area is 158 Å². The number of rotatable bonds is 5. The molecule has 0 unspecified atom stereocenters. The van der Waals surface area contributed by atoms with E-state index in [1.54, 1.807) is 12.1 Å². The highest BCUT2D eigenvalue weighted by Crippen LogP contribution is 2.19. The number of hydrogen-bond donors (Lipinski definition) is 2.